The van der Waals surface area contributed by atoms with Crippen LogP contribution in [-0.4, -0.2) is 5.11 Å². The van der Waals surface area contributed by atoms with E-state index in [-0.39, 0.29) is 5.75 Å². The molecule has 0 unspecified atom stereocenters. The quantitative estimate of drug-likeness (QED) is 0.697. The number of aryl methyl sites for hydroxylation is 1. The molecule has 0 aliphatic carbocycles. The molecule has 24 heavy (non-hydrogen) atoms. The summed E-state index contributed by atoms with van der Waals surface area (Å²) in [5.74, 6) is 0.111. The SMILES string of the molecule is Cc1c(O)ccc2c(C[NH2+]Cc3ccc(Cl)cc3Cl)cc(=O)oc12. The number of quaternary nitrogens is 1. The predicted molar refractivity (Wildman–Crippen MR) is 94.7 cm³/mol. The molecule has 0 radical (unpaired) electrons. The summed E-state index contributed by atoms with van der Waals surface area (Å²) in [6.45, 7) is 2.97. The topological polar surface area (TPSA) is 67.1 Å². The van der Waals surface area contributed by atoms with Gasteiger partial charge in [-0.05, 0) is 31.2 Å². The van der Waals surface area contributed by atoms with Gasteiger partial charge in [-0.1, -0.05) is 29.3 Å². The number of benzene rings is 2. The van der Waals surface area contributed by atoms with E-state index in [2.05, 4.69) is 0 Å². The number of fused-ring (bicyclic) bond motifs is 1. The van der Waals surface area contributed by atoms with Crippen LogP contribution < -0.4 is 10.9 Å². The molecule has 3 N–H and O–H groups in total. The van der Waals surface area contributed by atoms with Gasteiger partial charge in [0.1, 0.15) is 24.4 Å². The summed E-state index contributed by atoms with van der Waals surface area (Å²) in [7, 11) is 0. The van der Waals surface area contributed by atoms with E-state index in [1.54, 1.807) is 31.2 Å². The van der Waals surface area contributed by atoms with Crippen LogP contribution in [0.25, 0.3) is 11.0 Å². The zero-order valence-electron chi connectivity index (χ0n) is 13.0. The van der Waals surface area contributed by atoms with Crippen molar-refractivity contribution >= 4 is 34.2 Å². The van der Waals surface area contributed by atoms with Gasteiger partial charge in [-0.15, -0.1) is 0 Å². The molecule has 4 nitrogen and oxygen atoms in total. The second kappa shape index (κ2) is 6.85. The standard InChI is InChI=1S/C18H15Cl2NO3/c1-10-16(22)5-4-14-12(6-17(23)24-18(10)14)9-21-8-11-2-3-13(19)7-15(11)20/h2-7,21-22H,8-9H2,1H3/p+1. The van der Waals surface area contributed by atoms with Gasteiger partial charge in [-0.2, -0.15) is 0 Å². The average Bonchev–Trinajstić information content (AvgIpc) is 2.53. The largest absolute Gasteiger partial charge is 0.508 e. The minimum Gasteiger partial charge on any atom is -0.508 e. The summed E-state index contributed by atoms with van der Waals surface area (Å²) < 4.78 is 5.25. The van der Waals surface area contributed by atoms with Crippen molar-refractivity contribution in [2.75, 3.05) is 0 Å². The second-order valence-corrected chi connectivity index (χ2v) is 6.45. The first-order valence-electron chi connectivity index (χ1n) is 7.46. The first-order chi connectivity index (χ1) is 11.5. The molecule has 0 saturated heterocycles. The maximum Gasteiger partial charge on any atom is 0.336 e. The molecule has 1 aromatic heterocycles. The zero-order chi connectivity index (χ0) is 17.3. The van der Waals surface area contributed by atoms with Gasteiger partial charge in [0.2, 0.25) is 0 Å². The van der Waals surface area contributed by atoms with E-state index in [1.165, 1.54) is 6.07 Å². The number of phenolic OH excluding ortho intramolecular Hbond substituents is 1. The third-order valence-electron chi connectivity index (χ3n) is 3.96. The molecule has 0 spiro atoms. The lowest BCUT2D eigenvalue weighted by Crippen LogP contribution is -2.80. The monoisotopic (exact) mass is 364 g/mol. The Kier molecular flexibility index (Phi) is 4.81. The number of phenols is 1. The van der Waals surface area contributed by atoms with E-state index in [9.17, 15) is 9.90 Å². The highest BCUT2D eigenvalue weighted by atomic mass is 35.5. The molecule has 124 valence electrons. The van der Waals surface area contributed by atoms with Gasteiger partial charge in [-0.3, -0.25) is 0 Å². The average molecular weight is 365 g/mol. The van der Waals surface area contributed by atoms with Crippen LogP contribution in [0, 0.1) is 6.92 Å². The van der Waals surface area contributed by atoms with Crippen LogP contribution in [0.15, 0.2) is 45.6 Å². The lowest BCUT2D eigenvalue weighted by molar-refractivity contribution is -0.686. The number of rotatable bonds is 4. The maximum absolute atomic E-state index is 11.8. The number of hydrogen-bond acceptors (Lipinski definition) is 3. The first kappa shape index (κ1) is 16.8. The van der Waals surface area contributed by atoms with Crippen molar-refractivity contribution in [3.05, 3.63) is 73.6 Å². The van der Waals surface area contributed by atoms with Crippen molar-refractivity contribution in [3.8, 4) is 5.75 Å². The summed E-state index contributed by atoms with van der Waals surface area (Å²) >= 11 is 12.1. The number of nitrogens with two attached hydrogens (primary N) is 1. The van der Waals surface area contributed by atoms with Crippen molar-refractivity contribution in [3.63, 3.8) is 0 Å². The van der Waals surface area contributed by atoms with E-state index in [4.69, 9.17) is 27.6 Å². The van der Waals surface area contributed by atoms with Crippen molar-refractivity contribution < 1.29 is 14.8 Å². The molecule has 0 atom stereocenters. The Morgan fingerprint density at radius 1 is 1.08 bits per heavy atom. The van der Waals surface area contributed by atoms with E-state index < -0.39 is 5.63 Å². The van der Waals surface area contributed by atoms with Crippen LogP contribution in [0.1, 0.15) is 16.7 Å². The smallest absolute Gasteiger partial charge is 0.336 e. The Labute approximate surface area is 148 Å². The van der Waals surface area contributed by atoms with Crippen LogP contribution in [0.2, 0.25) is 10.0 Å². The van der Waals surface area contributed by atoms with Gasteiger partial charge in [-0.25, -0.2) is 4.79 Å². The van der Waals surface area contributed by atoms with E-state index in [0.717, 1.165) is 16.5 Å². The van der Waals surface area contributed by atoms with E-state index in [1.807, 2.05) is 11.4 Å². The fraction of sp³-hybridized carbons (Fsp3) is 0.167. The molecule has 0 aliphatic rings. The molecular weight excluding hydrogens is 349 g/mol. The first-order valence-corrected chi connectivity index (χ1v) is 8.22. The van der Waals surface area contributed by atoms with Crippen LogP contribution in [0.3, 0.4) is 0 Å². The van der Waals surface area contributed by atoms with Gasteiger partial charge in [0.15, 0.2) is 0 Å². The number of aromatic hydroxyl groups is 1. The van der Waals surface area contributed by atoms with Crippen molar-refractivity contribution in [2.45, 2.75) is 20.0 Å². The van der Waals surface area contributed by atoms with Gasteiger partial charge in [0.25, 0.3) is 0 Å². The van der Waals surface area contributed by atoms with Crippen LogP contribution >= 0.6 is 23.2 Å². The normalized spacial score (nSPS) is 11.1. The highest BCUT2D eigenvalue weighted by Crippen LogP contribution is 2.27. The van der Waals surface area contributed by atoms with Crippen LogP contribution in [-0.2, 0) is 13.1 Å². The zero-order valence-corrected chi connectivity index (χ0v) is 14.5. The molecule has 0 fully saturated rings. The lowest BCUT2D eigenvalue weighted by Gasteiger charge is -2.08. The Morgan fingerprint density at radius 2 is 1.83 bits per heavy atom. The third kappa shape index (κ3) is 3.41. The molecule has 3 aromatic rings. The van der Waals surface area contributed by atoms with Crippen LogP contribution in [0.5, 0.6) is 5.75 Å². The summed E-state index contributed by atoms with van der Waals surface area (Å²) in [5, 5.41) is 13.9. The maximum atomic E-state index is 11.8. The molecule has 2 aromatic carbocycles. The Balaban J connectivity index is 1.85. The molecule has 1 heterocycles. The highest BCUT2D eigenvalue weighted by molar-refractivity contribution is 6.35. The molecule has 6 heteroatoms. The van der Waals surface area contributed by atoms with Crippen molar-refractivity contribution in [1.82, 2.24) is 0 Å². The van der Waals surface area contributed by atoms with E-state index in [0.29, 0.717) is 34.3 Å². The molecule has 0 bridgehead atoms. The van der Waals surface area contributed by atoms with Gasteiger partial charge in [0, 0.05) is 33.2 Å². The van der Waals surface area contributed by atoms with Gasteiger partial charge >= 0.3 is 5.63 Å². The molecule has 0 saturated carbocycles. The molecule has 3 rings (SSSR count). The number of halogens is 2. The van der Waals surface area contributed by atoms with Gasteiger partial charge < -0.3 is 14.8 Å². The third-order valence-corrected chi connectivity index (χ3v) is 4.55. The Hall–Kier alpha value is -2.01. The Bertz CT molecular complexity index is 966. The van der Waals surface area contributed by atoms with E-state index >= 15 is 0 Å². The minimum atomic E-state index is -0.427. The van der Waals surface area contributed by atoms with Crippen LogP contribution in [0.4, 0.5) is 0 Å². The summed E-state index contributed by atoms with van der Waals surface area (Å²) in [5.41, 5.74) is 2.39. The van der Waals surface area contributed by atoms with Gasteiger partial charge in [0.05, 0.1) is 5.02 Å². The number of hydrogen-bond donors (Lipinski definition) is 2. The summed E-state index contributed by atoms with van der Waals surface area (Å²) in [6, 6.07) is 10.3. The molecular formula is C18H16Cl2NO3+. The second-order valence-electron chi connectivity index (χ2n) is 5.61. The minimum absolute atomic E-state index is 0.111. The van der Waals surface area contributed by atoms with Crippen molar-refractivity contribution in [2.24, 2.45) is 0 Å². The molecule has 0 aliphatic heterocycles. The molecule has 0 amide bonds. The summed E-state index contributed by atoms with van der Waals surface area (Å²) in [4.78, 5) is 11.8. The fourth-order valence-corrected chi connectivity index (χ4v) is 3.14. The fourth-order valence-electron chi connectivity index (χ4n) is 2.66. The summed E-state index contributed by atoms with van der Waals surface area (Å²) in [6.07, 6.45) is 0. The highest BCUT2D eigenvalue weighted by Gasteiger charge is 2.12. The Morgan fingerprint density at radius 3 is 2.58 bits per heavy atom. The predicted octanol–water partition coefficient (Wildman–Crippen LogP) is 3.38. The lowest BCUT2D eigenvalue weighted by atomic mass is 10.1. The van der Waals surface area contributed by atoms with Crippen molar-refractivity contribution in [1.29, 1.82) is 0 Å².